The van der Waals surface area contributed by atoms with Crippen LogP contribution in [0.5, 0.6) is 0 Å². The molecule has 1 fully saturated rings. The van der Waals surface area contributed by atoms with Gasteiger partial charge < -0.3 is 9.64 Å². The van der Waals surface area contributed by atoms with Gasteiger partial charge in [-0.2, -0.15) is 0 Å². The third-order valence-electron chi connectivity index (χ3n) is 5.03. The molecule has 1 amide bonds. The number of ether oxygens (including phenoxy) is 1. The van der Waals surface area contributed by atoms with E-state index in [1.807, 2.05) is 11.8 Å². The van der Waals surface area contributed by atoms with Crippen molar-refractivity contribution in [1.82, 2.24) is 9.88 Å². The van der Waals surface area contributed by atoms with E-state index < -0.39 is 0 Å². The Morgan fingerprint density at radius 3 is 2.75 bits per heavy atom. The molecule has 5 heteroatoms. The first-order valence-electron chi connectivity index (χ1n) is 8.56. The van der Waals surface area contributed by atoms with Crippen LogP contribution in [0.25, 0.3) is 0 Å². The lowest BCUT2D eigenvalue weighted by Gasteiger charge is -2.35. The summed E-state index contributed by atoms with van der Waals surface area (Å²) in [7, 11) is 0. The van der Waals surface area contributed by atoms with Gasteiger partial charge in [0.25, 0.3) is 0 Å². The van der Waals surface area contributed by atoms with E-state index in [2.05, 4.69) is 34.6 Å². The molecule has 2 aromatic rings. The van der Waals surface area contributed by atoms with E-state index >= 15 is 0 Å². The van der Waals surface area contributed by atoms with E-state index in [0.29, 0.717) is 32.1 Å². The van der Waals surface area contributed by atoms with Gasteiger partial charge in [0.05, 0.1) is 30.0 Å². The molecule has 4 rings (SSSR count). The first kappa shape index (κ1) is 15.8. The van der Waals surface area contributed by atoms with Crippen molar-refractivity contribution >= 4 is 17.2 Å². The second-order valence-corrected chi connectivity index (χ2v) is 7.78. The van der Waals surface area contributed by atoms with Crippen molar-refractivity contribution in [3.63, 3.8) is 0 Å². The molecule has 0 spiro atoms. The molecule has 0 unspecified atom stereocenters. The second kappa shape index (κ2) is 6.65. The van der Waals surface area contributed by atoms with Crippen molar-refractivity contribution in [3.05, 3.63) is 51.5 Å². The number of thiazole rings is 1. The van der Waals surface area contributed by atoms with Crippen LogP contribution in [0.3, 0.4) is 0 Å². The first-order chi connectivity index (χ1) is 11.7. The molecule has 24 heavy (non-hydrogen) atoms. The highest BCUT2D eigenvalue weighted by molar-refractivity contribution is 7.09. The van der Waals surface area contributed by atoms with Gasteiger partial charge in [-0.15, -0.1) is 11.3 Å². The lowest BCUT2D eigenvalue weighted by molar-refractivity contribution is -0.141. The molecule has 0 bridgehead atoms. The molecule has 2 heterocycles. The van der Waals surface area contributed by atoms with Crippen LogP contribution >= 0.6 is 11.3 Å². The number of amides is 1. The van der Waals surface area contributed by atoms with E-state index in [9.17, 15) is 4.79 Å². The monoisotopic (exact) mass is 342 g/mol. The summed E-state index contributed by atoms with van der Waals surface area (Å²) in [5.41, 5.74) is 3.79. The van der Waals surface area contributed by atoms with Gasteiger partial charge in [-0.25, -0.2) is 4.98 Å². The number of hydrogen-bond acceptors (Lipinski definition) is 4. The smallest absolute Gasteiger partial charge is 0.223 e. The van der Waals surface area contributed by atoms with Crippen LogP contribution in [0.15, 0.2) is 29.6 Å². The molecule has 1 aliphatic heterocycles. The number of fused-ring (bicyclic) bond motifs is 1. The molecule has 126 valence electrons. The zero-order valence-corrected chi connectivity index (χ0v) is 14.7. The number of benzene rings is 1. The van der Waals surface area contributed by atoms with Crippen molar-refractivity contribution in [1.29, 1.82) is 0 Å². The number of rotatable bonds is 3. The Morgan fingerprint density at radius 1 is 1.33 bits per heavy atom. The molecule has 2 aliphatic rings. The number of carbonyl (C=O) groups excluding carboxylic acids is 1. The van der Waals surface area contributed by atoms with Crippen LogP contribution < -0.4 is 0 Å². The van der Waals surface area contributed by atoms with E-state index in [1.54, 1.807) is 11.3 Å². The van der Waals surface area contributed by atoms with Gasteiger partial charge >= 0.3 is 0 Å². The molecule has 0 saturated carbocycles. The van der Waals surface area contributed by atoms with Crippen LogP contribution in [-0.2, 0) is 22.4 Å². The second-order valence-electron chi connectivity index (χ2n) is 6.72. The largest absolute Gasteiger partial charge is 0.377 e. The summed E-state index contributed by atoms with van der Waals surface area (Å²) < 4.78 is 5.62. The quantitative estimate of drug-likeness (QED) is 0.860. The van der Waals surface area contributed by atoms with E-state index in [1.165, 1.54) is 11.1 Å². The Balaban J connectivity index is 1.45. The number of nitrogens with zero attached hydrogens (tertiary/aromatic N) is 2. The fourth-order valence-corrected chi connectivity index (χ4v) is 4.50. The average molecular weight is 342 g/mol. The lowest BCUT2D eigenvalue weighted by Crippen LogP contribution is -2.44. The maximum Gasteiger partial charge on any atom is 0.223 e. The Morgan fingerprint density at radius 2 is 2.08 bits per heavy atom. The van der Waals surface area contributed by atoms with Crippen molar-refractivity contribution < 1.29 is 9.53 Å². The Bertz CT molecular complexity index is 717. The minimum atomic E-state index is -0.0278. The summed E-state index contributed by atoms with van der Waals surface area (Å²) in [4.78, 5) is 19.5. The zero-order chi connectivity index (χ0) is 16.5. The van der Waals surface area contributed by atoms with Gasteiger partial charge in [0.2, 0.25) is 5.91 Å². The van der Waals surface area contributed by atoms with Gasteiger partial charge in [-0.05, 0) is 36.8 Å². The van der Waals surface area contributed by atoms with Crippen LogP contribution in [0.4, 0.5) is 0 Å². The Hall–Kier alpha value is -1.72. The van der Waals surface area contributed by atoms with Gasteiger partial charge in [0, 0.05) is 18.3 Å². The SMILES string of the molecule is Cc1nc([C@H]2COCCN2C(=O)CC2Cc3ccccc3C2)cs1. The lowest BCUT2D eigenvalue weighted by atomic mass is 10.0. The number of morpholine rings is 1. The molecule has 1 aromatic heterocycles. The summed E-state index contributed by atoms with van der Waals surface area (Å²) in [6.07, 6.45) is 2.66. The summed E-state index contributed by atoms with van der Waals surface area (Å²) in [5.74, 6) is 0.669. The number of aryl methyl sites for hydroxylation is 1. The zero-order valence-electron chi connectivity index (χ0n) is 13.9. The fourth-order valence-electron chi connectivity index (χ4n) is 3.84. The average Bonchev–Trinajstić information content (AvgIpc) is 3.20. The summed E-state index contributed by atoms with van der Waals surface area (Å²) >= 11 is 1.63. The standard InChI is InChI=1S/C19H22N2O2S/c1-13-20-17(12-24-13)18-11-23-7-6-21(18)19(22)10-14-8-15-4-2-3-5-16(15)9-14/h2-5,12,14,18H,6-11H2,1H3/t18-/m1/s1. The van der Waals surface area contributed by atoms with Crippen LogP contribution in [0.2, 0.25) is 0 Å². The molecule has 4 nitrogen and oxygen atoms in total. The van der Waals surface area contributed by atoms with Crippen LogP contribution in [0, 0.1) is 12.8 Å². The molecule has 0 radical (unpaired) electrons. The highest BCUT2D eigenvalue weighted by Crippen LogP contribution is 2.31. The van der Waals surface area contributed by atoms with Gasteiger partial charge in [0.15, 0.2) is 0 Å². The van der Waals surface area contributed by atoms with Crippen LogP contribution in [0.1, 0.15) is 34.3 Å². The van der Waals surface area contributed by atoms with Gasteiger partial charge in [-0.1, -0.05) is 24.3 Å². The van der Waals surface area contributed by atoms with E-state index in [0.717, 1.165) is 23.5 Å². The van der Waals surface area contributed by atoms with Crippen molar-refractivity contribution in [2.75, 3.05) is 19.8 Å². The van der Waals surface area contributed by atoms with Gasteiger partial charge in [0.1, 0.15) is 0 Å². The maximum absolute atomic E-state index is 12.9. The fraction of sp³-hybridized carbons (Fsp3) is 0.474. The van der Waals surface area contributed by atoms with Crippen LogP contribution in [-0.4, -0.2) is 35.5 Å². The van der Waals surface area contributed by atoms with Crippen molar-refractivity contribution in [2.45, 2.75) is 32.2 Å². The van der Waals surface area contributed by atoms with Gasteiger partial charge in [-0.3, -0.25) is 4.79 Å². The highest BCUT2D eigenvalue weighted by Gasteiger charge is 2.32. The summed E-state index contributed by atoms with van der Waals surface area (Å²) in [6, 6.07) is 8.53. The van der Waals surface area contributed by atoms with E-state index in [-0.39, 0.29) is 11.9 Å². The molecular weight excluding hydrogens is 320 g/mol. The minimum Gasteiger partial charge on any atom is -0.377 e. The topological polar surface area (TPSA) is 42.4 Å². The molecule has 1 aromatic carbocycles. The number of carbonyl (C=O) groups is 1. The molecule has 1 aliphatic carbocycles. The Kier molecular flexibility index (Phi) is 4.37. The third kappa shape index (κ3) is 3.10. The first-order valence-corrected chi connectivity index (χ1v) is 9.44. The molecular formula is C19H22N2O2S. The normalized spacial score (nSPS) is 21.0. The minimum absolute atomic E-state index is 0.0278. The van der Waals surface area contributed by atoms with Crippen molar-refractivity contribution in [2.24, 2.45) is 5.92 Å². The molecule has 0 N–H and O–H groups in total. The number of aromatic nitrogens is 1. The predicted octanol–water partition coefficient (Wildman–Crippen LogP) is 3.16. The summed E-state index contributed by atoms with van der Waals surface area (Å²) in [6.45, 7) is 3.84. The maximum atomic E-state index is 12.9. The third-order valence-corrected chi connectivity index (χ3v) is 5.82. The number of hydrogen-bond donors (Lipinski definition) is 0. The molecule has 1 saturated heterocycles. The molecule has 1 atom stereocenters. The predicted molar refractivity (Wildman–Crippen MR) is 94.1 cm³/mol. The highest BCUT2D eigenvalue weighted by atomic mass is 32.1. The van der Waals surface area contributed by atoms with E-state index in [4.69, 9.17) is 4.74 Å². The van der Waals surface area contributed by atoms with Crippen molar-refractivity contribution in [3.8, 4) is 0 Å². The Labute approximate surface area is 146 Å². The summed E-state index contributed by atoms with van der Waals surface area (Å²) in [5, 5.41) is 3.09.